The minimum Gasteiger partial charge on any atom is -0.351 e. The predicted octanol–water partition coefficient (Wildman–Crippen LogP) is 7.13. The third-order valence-electron chi connectivity index (χ3n) is 6.74. The van der Waals surface area contributed by atoms with Gasteiger partial charge in [-0.25, -0.2) is 4.39 Å². The van der Waals surface area contributed by atoms with E-state index < -0.39 is 11.7 Å². The second kappa shape index (κ2) is 9.30. The van der Waals surface area contributed by atoms with Crippen molar-refractivity contribution in [1.82, 2.24) is 14.9 Å². The van der Waals surface area contributed by atoms with Crippen molar-refractivity contribution in [3.05, 3.63) is 113 Å². The normalized spacial score (nSPS) is 17.8. The number of benzene rings is 2. The number of nitrogens with one attached hydrogen (secondary N) is 1. The van der Waals surface area contributed by atoms with Crippen molar-refractivity contribution in [3.63, 3.8) is 0 Å². The van der Waals surface area contributed by atoms with Crippen molar-refractivity contribution in [2.45, 2.75) is 39.0 Å². The Hall–Kier alpha value is -3.72. The number of pyridine rings is 1. The van der Waals surface area contributed by atoms with Gasteiger partial charge in [0.05, 0.1) is 23.3 Å². The van der Waals surface area contributed by atoms with Crippen LogP contribution in [-0.2, 0) is 6.18 Å². The lowest BCUT2D eigenvalue weighted by molar-refractivity contribution is -0.137. The molecular weight excluding hydrogens is 500 g/mol. The second-order valence-corrected chi connectivity index (χ2v) is 9.53. The van der Waals surface area contributed by atoms with E-state index in [-0.39, 0.29) is 17.9 Å². The summed E-state index contributed by atoms with van der Waals surface area (Å²) in [5.41, 5.74) is 4.09. The zero-order valence-electron chi connectivity index (χ0n) is 20.3. The highest BCUT2D eigenvalue weighted by Gasteiger charge is 2.42. The average Bonchev–Trinajstić information content (AvgIpc) is 3.36. The van der Waals surface area contributed by atoms with E-state index in [0.717, 1.165) is 34.8 Å². The number of hydrogen-bond acceptors (Lipinski definition) is 2. The maximum Gasteiger partial charge on any atom is 0.416 e. The Balaban J connectivity index is 1.68. The summed E-state index contributed by atoms with van der Waals surface area (Å²) in [5.74, 6) is -0.317. The third-order valence-corrected chi connectivity index (χ3v) is 7.05. The lowest BCUT2D eigenvalue weighted by Gasteiger charge is -2.28. The molecule has 1 aliphatic heterocycles. The van der Waals surface area contributed by atoms with Gasteiger partial charge in [0, 0.05) is 29.0 Å². The molecule has 1 fully saturated rings. The first-order chi connectivity index (χ1) is 17.6. The summed E-state index contributed by atoms with van der Waals surface area (Å²) in [6.45, 7) is 5.43. The fourth-order valence-corrected chi connectivity index (χ4v) is 5.38. The Kier molecular flexibility index (Phi) is 6.27. The minimum atomic E-state index is -4.45. The number of alkyl halides is 3. The summed E-state index contributed by atoms with van der Waals surface area (Å²) in [4.78, 5) is 6.48. The molecule has 37 heavy (non-hydrogen) atoms. The van der Waals surface area contributed by atoms with E-state index in [0.29, 0.717) is 22.1 Å². The van der Waals surface area contributed by atoms with Gasteiger partial charge in [-0.05, 0) is 98.7 Å². The molecule has 1 aliphatic rings. The van der Waals surface area contributed by atoms with Crippen molar-refractivity contribution < 1.29 is 17.6 Å². The summed E-state index contributed by atoms with van der Waals surface area (Å²) in [6, 6.07) is 17.0. The fraction of sp³-hybridized carbons (Fsp3) is 0.214. The monoisotopic (exact) mass is 524 g/mol. The predicted molar refractivity (Wildman–Crippen MR) is 139 cm³/mol. The zero-order chi connectivity index (χ0) is 26.5. The molecule has 3 heterocycles. The standard InChI is InChI=1S/C28H24F4N4S/c1-16-13-21(10-11-23(16)29)36-26(25(34-27(36)37)24-9-4-5-12-33-24)22-14-17(2)35(18(22)3)20-8-6-7-19(15-20)28(30,31)32/h4-15,25-26H,1-3H3,(H,34,37)/t25-,26+/m1/s1. The van der Waals surface area contributed by atoms with Gasteiger partial charge in [0.25, 0.3) is 0 Å². The number of anilines is 1. The van der Waals surface area contributed by atoms with E-state index in [2.05, 4.69) is 10.3 Å². The van der Waals surface area contributed by atoms with Crippen molar-refractivity contribution in [1.29, 1.82) is 0 Å². The first-order valence-electron chi connectivity index (χ1n) is 11.7. The van der Waals surface area contributed by atoms with Crippen LogP contribution in [0.5, 0.6) is 0 Å². The first kappa shape index (κ1) is 25.0. The highest BCUT2D eigenvalue weighted by atomic mass is 32.1. The number of rotatable bonds is 4. The van der Waals surface area contributed by atoms with Crippen LogP contribution in [0, 0.1) is 26.6 Å². The Morgan fingerprint density at radius 1 is 0.919 bits per heavy atom. The minimum absolute atomic E-state index is 0.317. The SMILES string of the molecule is Cc1cc(N2C(=S)N[C@H](c3ccccn3)[C@@H]2c2cc(C)n(-c3cccc(C(F)(F)F)c3)c2C)ccc1F. The summed E-state index contributed by atoms with van der Waals surface area (Å²) in [6.07, 6.45) is -2.75. The van der Waals surface area contributed by atoms with Crippen molar-refractivity contribution in [2.75, 3.05) is 4.90 Å². The van der Waals surface area contributed by atoms with Crippen LogP contribution in [0.1, 0.15) is 45.9 Å². The van der Waals surface area contributed by atoms with E-state index in [1.807, 2.05) is 47.6 Å². The van der Waals surface area contributed by atoms with Gasteiger partial charge in [0.1, 0.15) is 5.82 Å². The van der Waals surface area contributed by atoms with Crippen LogP contribution in [0.4, 0.5) is 23.2 Å². The molecule has 0 saturated carbocycles. The van der Waals surface area contributed by atoms with Crippen molar-refractivity contribution >= 4 is 23.0 Å². The van der Waals surface area contributed by atoms with Crippen LogP contribution < -0.4 is 10.2 Å². The fourth-order valence-electron chi connectivity index (χ4n) is 5.03. The molecule has 1 saturated heterocycles. The molecule has 0 amide bonds. The van der Waals surface area contributed by atoms with E-state index in [1.54, 1.807) is 31.3 Å². The molecule has 5 rings (SSSR count). The summed E-state index contributed by atoms with van der Waals surface area (Å²) in [7, 11) is 0. The van der Waals surface area contributed by atoms with Gasteiger partial charge in [0.15, 0.2) is 5.11 Å². The molecular formula is C28H24F4N4S. The molecule has 9 heteroatoms. The molecule has 2 aromatic heterocycles. The van der Waals surface area contributed by atoms with E-state index >= 15 is 0 Å². The molecule has 0 bridgehead atoms. The molecule has 4 nitrogen and oxygen atoms in total. The molecule has 2 atom stereocenters. The number of hydrogen-bond donors (Lipinski definition) is 1. The molecule has 190 valence electrons. The molecule has 1 N–H and O–H groups in total. The van der Waals surface area contributed by atoms with Gasteiger partial charge >= 0.3 is 6.18 Å². The molecule has 0 radical (unpaired) electrons. The highest BCUT2D eigenvalue weighted by molar-refractivity contribution is 7.80. The Morgan fingerprint density at radius 3 is 2.38 bits per heavy atom. The highest BCUT2D eigenvalue weighted by Crippen LogP contribution is 2.44. The topological polar surface area (TPSA) is 33.1 Å². The number of aromatic nitrogens is 2. The van der Waals surface area contributed by atoms with Crippen LogP contribution >= 0.6 is 12.2 Å². The molecule has 0 spiro atoms. The lowest BCUT2D eigenvalue weighted by Crippen LogP contribution is -2.29. The van der Waals surface area contributed by atoms with Gasteiger partial charge in [-0.2, -0.15) is 13.2 Å². The van der Waals surface area contributed by atoms with E-state index in [1.165, 1.54) is 12.1 Å². The van der Waals surface area contributed by atoms with Gasteiger partial charge in [-0.1, -0.05) is 12.1 Å². The van der Waals surface area contributed by atoms with Gasteiger partial charge in [-0.15, -0.1) is 0 Å². The third kappa shape index (κ3) is 4.48. The van der Waals surface area contributed by atoms with E-state index in [9.17, 15) is 17.6 Å². The molecule has 4 aromatic rings. The molecule has 0 unspecified atom stereocenters. The Bertz CT molecular complexity index is 1480. The zero-order valence-corrected chi connectivity index (χ0v) is 21.2. The quantitative estimate of drug-likeness (QED) is 0.227. The average molecular weight is 525 g/mol. The first-order valence-corrected chi connectivity index (χ1v) is 12.1. The smallest absolute Gasteiger partial charge is 0.351 e. The van der Waals surface area contributed by atoms with Crippen LogP contribution in [0.2, 0.25) is 0 Å². The number of halogens is 4. The summed E-state index contributed by atoms with van der Waals surface area (Å²) in [5, 5.41) is 3.82. The Morgan fingerprint density at radius 2 is 1.70 bits per heavy atom. The van der Waals surface area contributed by atoms with Gasteiger partial charge in [0.2, 0.25) is 0 Å². The largest absolute Gasteiger partial charge is 0.416 e. The second-order valence-electron chi connectivity index (χ2n) is 9.14. The van der Waals surface area contributed by atoms with Gasteiger partial charge < -0.3 is 14.8 Å². The van der Waals surface area contributed by atoms with Crippen molar-refractivity contribution in [3.8, 4) is 5.69 Å². The van der Waals surface area contributed by atoms with Crippen LogP contribution in [0.25, 0.3) is 5.69 Å². The van der Waals surface area contributed by atoms with Crippen LogP contribution in [-0.4, -0.2) is 14.7 Å². The summed E-state index contributed by atoms with van der Waals surface area (Å²) >= 11 is 5.75. The number of thiocarbonyl (C=S) groups is 1. The maximum atomic E-state index is 14.1. The Labute approximate surface area is 217 Å². The van der Waals surface area contributed by atoms with Crippen LogP contribution in [0.15, 0.2) is 72.9 Å². The number of aryl methyl sites for hydroxylation is 2. The van der Waals surface area contributed by atoms with E-state index in [4.69, 9.17) is 12.2 Å². The molecule has 0 aliphatic carbocycles. The maximum absolute atomic E-state index is 14.1. The van der Waals surface area contributed by atoms with Gasteiger partial charge in [-0.3, -0.25) is 4.98 Å². The molecule has 2 aromatic carbocycles. The lowest BCUT2D eigenvalue weighted by atomic mass is 9.96. The van der Waals surface area contributed by atoms with Crippen LogP contribution in [0.3, 0.4) is 0 Å². The van der Waals surface area contributed by atoms with Crippen molar-refractivity contribution in [2.24, 2.45) is 0 Å². The summed E-state index contributed by atoms with van der Waals surface area (Å²) < 4.78 is 56.3. The number of nitrogens with zero attached hydrogens (tertiary/aromatic N) is 3.